The van der Waals surface area contributed by atoms with Gasteiger partial charge in [-0.2, -0.15) is 5.10 Å². The molecule has 1 aromatic carbocycles. The second-order valence-corrected chi connectivity index (χ2v) is 4.91. The van der Waals surface area contributed by atoms with Gasteiger partial charge in [-0.15, -0.1) is 5.10 Å². The van der Waals surface area contributed by atoms with Gasteiger partial charge in [-0.25, -0.2) is 0 Å². The Morgan fingerprint density at radius 3 is 2.62 bits per heavy atom. The molecule has 0 aliphatic heterocycles. The zero-order valence-corrected chi connectivity index (χ0v) is 12.5. The first kappa shape index (κ1) is 15.2. The van der Waals surface area contributed by atoms with Crippen LogP contribution >= 0.6 is 0 Å². The Kier molecular flexibility index (Phi) is 5.05. The summed E-state index contributed by atoms with van der Waals surface area (Å²) in [6, 6.07) is 8.07. The van der Waals surface area contributed by atoms with E-state index < -0.39 is 0 Å². The van der Waals surface area contributed by atoms with E-state index in [0.29, 0.717) is 26.1 Å². The molecule has 112 valence electrons. The zero-order chi connectivity index (χ0) is 15.2. The van der Waals surface area contributed by atoms with E-state index in [-0.39, 0.29) is 5.84 Å². The number of rotatable bonds is 7. The fraction of sp³-hybridized carbons (Fsp3) is 0.400. The average Bonchev–Trinajstić information content (AvgIpc) is 2.49. The topological polar surface area (TPSA) is 88.1 Å². The lowest BCUT2D eigenvalue weighted by atomic mass is 10.1. The van der Waals surface area contributed by atoms with Gasteiger partial charge in [0.25, 0.3) is 0 Å². The van der Waals surface area contributed by atoms with E-state index in [1.165, 1.54) is 0 Å². The smallest absolute Gasteiger partial charge is 0.159 e. The summed E-state index contributed by atoms with van der Waals surface area (Å²) >= 11 is 0. The van der Waals surface area contributed by atoms with Crippen LogP contribution in [0.5, 0.6) is 0 Å². The number of hydrogen-bond donors (Lipinski definition) is 2. The van der Waals surface area contributed by atoms with Gasteiger partial charge in [0.15, 0.2) is 5.82 Å². The van der Waals surface area contributed by atoms with Crippen LogP contribution in [0.2, 0.25) is 0 Å². The van der Waals surface area contributed by atoms with E-state index in [1.54, 1.807) is 7.11 Å². The van der Waals surface area contributed by atoms with E-state index in [1.807, 2.05) is 31.2 Å². The Labute approximate surface area is 124 Å². The number of amidine groups is 1. The van der Waals surface area contributed by atoms with Crippen molar-refractivity contribution in [1.82, 2.24) is 10.2 Å². The number of nitrogens with two attached hydrogens (primary N) is 1. The number of methoxy groups -OCH3 is 1. The molecule has 0 aliphatic carbocycles. The van der Waals surface area contributed by atoms with Crippen LogP contribution in [0.3, 0.4) is 0 Å². The fourth-order valence-corrected chi connectivity index (χ4v) is 2.24. The molecule has 0 bridgehead atoms. The minimum absolute atomic E-state index is 0.168. The summed E-state index contributed by atoms with van der Waals surface area (Å²) in [7, 11) is 1.67. The van der Waals surface area contributed by atoms with Crippen molar-refractivity contribution >= 4 is 22.4 Å². The number of nitrogens with one attached hydrogen (secondary N) is 1. The largest absolute Gasteiger partial charge is 0.388 e. The highest BCUT2D eigenvalue weighted by Crippen LogP contribution is 2.25. The molecule has 0 atom stereocenters. The number of ether oxygens (including phenoxy) is 1. The van der Waals surface area contributed by atoms with Crippen molar-refractivity contribution in [3.8, 4) is 0 Å². The van der Waals surface area contributed by atoms with Crippen molar-refractivity contribution in [1.29, 1.82) is 5.41 Å². The van der Waals surface area contributed by atoms with Crippen LogP contribution in [-0.2, 0) is 4.74 Å². The van der Waals surface area contributed by atoms with Crippen LogP contribution in [0, 0.1) is 12.3 Å². The Balaban J connectivity index is 2.38. The van der Waals surface area contributed by atoms with Gasteiger partial charge in [-0.1, -0.05) is 24.3 Å². The van der Waals surface area contributed by atoms with Crippen LogP contribution in [0.1, 0.15) is 12.1 Å². The Hall–Kier alpha value is -2.21. The zero-order valence-electron chi connectivity index (χ0n) is 12.5. The molecule has 3 N–H and O–H groups in total. The van der Waals surface area contributed by atoms with E-state index in [4.69, 9.17) is 15.9 Å². The molecule has 0 fully saturated rings. The Morgan fingerprint density at radius 1 is 1.24 bits per heavy atom. The van der Waals surface area contributed by atoms with Crippen molar-refractivity contribution in [2.24, 2.45) is 5.73 Å². The second-order valence-electron chi connectivity index (χ2n) is 4.91. The molecule has 0 amide bonds. The lowest BCUT2D eigenvalue weighted by molar-refractivity contribution is 0.205. The standard InChI is InChI=1S/C15H21N5O/c1-11-12-5-3-4-6-13(12)15(19-18-11)20(9-10-21-2)8-7-14(16)17/h3-6H,7-10H2,1-2H3,(H3,16,17). The molecule has 2 aromatic rings. The number of fused-ring (bicyclic) bond motifs is 1. The summed E-state index contributed by atoms with van der Waals surface area (Å²) < 4.78 is 5.16. The predicted molar refractivity (Wildman–Crippen MR) is 84.9 cm³/mol. The molecular formula is C15H21N5O. The highest BCUT2D eigenvalue weighted by molar-refractivity contribution is 5.93. The maximum Gasteiger partial charge on any atom is 0.159 e. The summed E-state index contributed by atoms with van der Waals surface area (Å²) in [5.41, 5.74) is 6.38. The minimum Gasteiger partial charge on any atom is -0.388 e. The van der Waals surface area contributed by atoms with Crippen molar-refractivity contribution < 1.29 is 4.74 Å². The SMILES string of the molecule is COCCN(CCC(=N)N)c1nnc(C)c2ccccc12. The number of benzene rings is 1. The molecule has 0 saturated carbocycles. The fourth-order valence-electron chi connectivity index (χ4n) is 2.24. The number of aromatic nitrogens is 2. The molecule has 6 heteroatoms. The first-order valence-electron chi connectivity index (χ1n) is 6.92. The van der Waals surface area contributed by atoms with E-state index in [2.05, 4.69) is 15.1 Å². The monoisotopic (exact) mass is 287 g/mol. The third-order valence-corrected chi connectivity index (χ3v) is 3.37. The van der Waals surface area contributed by atoms with Crippen molar-refractivity contribution in [3.05, 3.63) is 30.0 Å². The minimum atomic E-state index is 0.168. The van der Waals surface area contributed by atoms with Gasteiger partial charge >= 0.3 is 0 Å². The highest BCUT2D eigenvalue weighted by atomic mass is 16.5. The van der Waals surface area contributed by atoms with Gasteiger partial charge in [0.05, 0.1) is 18.1 Å². The van der Waals surface area contributed by atoms with Crippen LogP contribution in [0.15, 0.2) is 24.3 Å². The van der Waals surface area contributed by atoms with Gasteiger partial charge in [0.1, 0.15) is 0 Å². The second kappa shape index (κ2) is 6.99. The number of hydrogen-bond acceptors (Lipinski definition) is 5. The van der Waals surface area contributed by atoms with Gasteiger partial charge < -0.3 is 15.4 Å². The van der Waals surface area contributed by atoms with E-state index in [9.17, 15) is 0 Å². The molecule has 2 rings (SSSR count). The van der Waals surface area contributed by atoms with Crippen LogP contribution in [0.25, 0.3) is 10.8 Å². The first-order chi connectivity index (χ1) is 10.1. The molecular weight excluding hydrogens is 266 g/mol. The number of anilines is 1. The summed E-state index contributed by atoms with van der Waals surface area (Å²) in [6.45, 7) is 3.85. The van der Waals surface area contributed by atoms with Crippen molar-refractivity contribution in [2.45, 2.75) is 13.3 Å². The quantitative estimate of drug-likeness (QED) is 0.598. The summed E-state index contributed by atoms with van der Waals surface area (Å²) in [5, 5.41) is 18.2. The van der Waals surface area contributed by atoms with Gasteiger partial charge in [-0.3, -0.25) is 5.41 Å². The first-order valence-corrected chi connectivity index (χ1v) is 6.92. The molecule has 0 aliphatic rings. The normalized spacial score (nSPS) is 10.8. The molecule has 0 unspecified atom stereocenters. The molecule has 0 spiro atoms. The summed E-state index contributed by atoms with van der Waals surface area (Å²) in [6.07, 6.45) is 0.494. The third-order valence-electron chi connectivity index (χ3n) is 3.37. The third kappa shape index (κ3) is 3.66. The lowest BCUT2D eigenvalue weighted by Gasteiger charge is -2.24. The van der Waals surface area contributed by atoms with E-state index >= 15 is 0 Å². The number of aryl methyl sites for hydroxylation is 1. The van der Waals surface area contributed by atoms with Crippen molar-refractivity contribution in [2.75, 3.05) is 31.7 Å². The average molecular weight is 287 g/mol. The Bertz CT molecular complexity index is 628. The molecule has 0 radical (unpaired) electrons. The van der Waals surface area contributed by atoms with Gasteiger partial charge in [0, 0.05) is 37.4 Å². The molecule has 6 nitrogen and oxygen atoms in total. The maximum atomic E-state index is 7.41. The highest BCUT2D eigenvalue weighted by Gasteiger charge is 2.14. The molecule has 1 aromatic heterocycles. The predicted octanol–water partition coefficient (Wildman–Crippen LogP) is 1.72. The summed E-state index contributed by atoms with van der Waals surface area (Å²) in [5.74, 6) is 0.983. The van der Waals surface area contributed by atoms with Gasteiger partial charge in [0.2, 0.25) is 0 Å². The number of nitrogens with zero attached hydrogens (tertiary/aromatic N) is 3. The van der Waals surface area contributed by atoms with Crippen LogP contribution in [-0.4, -0.2) is 42.8 Å². The maximum absolute atomic E-state index is 7.41. The van der Waals surface area contributed by atoms with Crippen LogP contribution in [0.4, 0.5) is 5.82 Å². The Morgan fingerprint density at radius 2 is 1.95 bits per heavy atom. The molecule has 21 heavy (non-hydrogen) atoms. The van der Waals surface area contributed by atoms with E-state index in [0.717, 1.165) is 22.3 Å². The lowest BCUT2D eigenvalue weighted by Crippen LogP contribution is -2.32. The summed E-state index contributed by atoms with van der Waals surface area (Å²) in [4.78, 5) is 2.07. The van der Waals surface area contributed by atoms with Crippen LogP contribution < -0.4 is 10.6 Å². The molecule has 1 heterocycles. The van der Waals surface area contributed by atoms with Crippen molar-refractivity contribution in [3.63, 3.8) is 0 Å². The van der Waals surface area contributed by atoms with Gasteiger partial charge in [-0.05, 0) is 6.92 Å². The molecule has 0 saturated heterocycles.